The Bertz CT molecular complexity index is 76.5. The topological polar surface area (TPSA) is 0 Å². The number of halogens is 1. The molecule has 1 saturated heterocycles. The van der Waals surface area contributed by atoms with Gasteiger partial charge in [0, 0.05) is 0 Å². The maximum atomic E-state index is 2.77. The fourth-order valence-electron chi connectivity index (χ4n) is 0.669. The van der Waals surface area contributed by atoms with E-state index in [4.69, 9.17) is 0 Å². The molecular weight excluding hydrogens is 347 g/mol. The molecule has 0 aromatic heterocycles. The van der Waals surface area contributed by atoms with Crippen LogP contribution in [-0.4, -0.2) is 25.7 Å². The van der Waals surface area contributed by atoms with E-state index in [9.17, 15) is 0 Å². The van der Waals surface area contributed by atoms with Gasteiger partial charge in [-0.15, -0.1) is 0 Å². The molecule has 1 aliphatic rings. The molecule has 0 saturated carbocycles. The van der Waals surface area contributed by atoms with Crippen molar-refractivity contribution >= 4 is 44.7 Å². The average molecular weight is 358 g/mol. The van der Waals surface area contributed by atoms with Gasteiger partial charge in [0.25, 0.3) is 0 Å². The van der Waals surface area contributed by atoms with Crippen molar-refractivity contribution in [2.45, 2.75) is 13.9 Å². The van der Waals surface area contributed by atoms with Crippen molar-refractivity contribution in [3.8, 4) is 0 Å². The van der Waals surface area contributed by atoms with E-state index in [1.54, 1.807) is 8.94 Å². The zero-order valence-electron chi connectivity index (χ0n) is 5.02. The van der Waals surface area contributed by atoms with Crippen LogP contribution in [-0.2, 0) is 0 Å². The zero-order valence-corrected chi connectivity index (χ0v) is 10.3. The van der Waals surface area contributed by atoms with E-state index in [1.807, 2.05) is 0 Å². The molecule has 0 N–H and O–H groups in total. The van der Waals surface area contributed by atoms with Crippen molar-refractivity contribution in [2.75, 3.05) is 11.5 Å². The molecule has 0 atom stereocenters. The van der Waals surface area contributed by atoms with Gasteiger partial charge in [0.2, 0.25) is 0 Å². The Morgan fingerprint density at radius 1 is 1.38 bits per heavy atom. The summed E-state index contributed by atoms with van der Waals surface area (Å²) in [7, 11) is 0. The van der Waals surface area contributed by atoms with E-state index in [1.165, 1.54) is 11.5 Å². The van der Waals surface area contributed by atoms with Gasteiger partial charge in [-0.3, -0.25) is 0 Å². The summed E-state index contributed by atoms with van der Waals surface area (Å²) in [5.41, 5.74) is 0. The van der Waals surface area contributed by atoms with Crippen LogP contribution in [0.25, 0.3) is 0 Å². The SMILES string of the molecule is C[Te]1(I)CCSCC1. The number of rotatable bonds is 0. The van der Waals surface area contributed by atoms with Gasteiger partial charge < -0.3 is 0 Å². The summed E-state index contributed by atoms with van der Waals surface area (Å²) in [5, 5.41) is 0. The first-order valence-corrected chi connectivity index (χ1v) is 16.3. The van der Waals surface area contributed by atoms with Gasteiger partial charge >= 0.3 is 70.1 Å². The van der Waals surface area contributed by atoms with Crippen LogP contribution in [0.4, 0.5) is 0 Å². The van der Waals surface area contributed by atoms with E-state index in [0.717, 1.165) is 0 Å². The summed E-state index contributed by atoms with van der Waals surface area (Å²) in [6, 6.07) is 0. The molecule has 1 heterocycles. The second-order valence-electron chi connectivity index (χ2n) is 2.17. The van der Waals surface area contributed by atoms with Gasteiger partial charge in [-0.05, 0) is 0 Å². The number of hydrogen-bond donors (Lipinski definition) is 0. The van der Waals surface area contributed by atoms with Crippen molar-refractivity contribution in [1.82, 2.24) is 0 Å². The molecule has 1 aliphatic heterocycles. The normalized spacial score (nSPS) is 31.8. The van der Waals surface area contributed by atoms with Crippen molar-refractivity contribution in [3.63, 3.8) is 0 Å². The predicted molar refractivity (Wildman–Crippen MR) is 52.6 cm³/mol. The summed E-state index contributed by atoms with van der Waals surface area (Å²) in [5.74, 6) is 2.92. The third kappa shape index (κ3) is 2.64. The Hall–Kier alpha value is 1.87. The van der Waals surface area contributed by atoms with E-state index in [0.29, 0.717) is 0 Å². The molecule has 0 aliphatic carbocycles. The molecule has 1 fully saturated rings. The molecule has 0 amide bonds. The molecule has 50 valence electrons. The summed E-state index contributed by atoms with van der Waals surface area (Å²) in [4.78, 5) is 2.54. The van der Waals surface area contributed by atoms with Crippen LogP contribution in [0.2, 0.25) is 13.9 Å². The van der Waals surface area contributed by atoms with Crippen LogP contribution < -0.4 is 0 Å². The van der Waals surface area contributed by atoms with E-state index < -0.39 is 14.2 Å². The van der Waals surface area contributed by atoms with E-state index in [-0.39, 0.29) is 0 Å². The molecule has 0 nitrogen and oxygen atoms in total. The first kappa shape index (κ1) is 7.97. The molecule has 3 heteroatoms. The summed E-state index contributed by atoms with van der Waals surface area (Å²) >= 11 is 3.80. The molecule has 0 unspecified atom stereocenters. The fraction of sp³-hybridized carbons (Fsp3) is 1.00. The van der Waals surface area contributed by atoms with E-state index >= 15 is 0 Å². The Kier molecular flexibility index (Phi) is 3.30. The summed E-state index contributed by atoms with van der Waals surface area (Å²) in [6.07, 6.45) is 0. The summed E-state index contributed by atoms with van der Waals surface area (Å²) in [6.45, 7) is 0. The van der Waals surface area contributed by atoms with Gasteiger partial charge in [0.15, 0.2) is 0 Å². The molecule has 1 rings (SSSR count). The number of hydrogen-bond acceptors (Lipinski definition) is 1. The molecule has 8 heavy (non-hydrogen) atoms. The fourth-order valence-corrected chi connectivity index (χ4v) is 17.6. The van der Waals surface area contributed by atoms with Gasteiger partial charge in [0.05, 0.1) is 0 Å². The minimum atomic E-state index is -1.11. The van der Waals surface area contributed by atoms with Gasteiger partial charge in [0.1, 0.15) is 0 Å². The van der Waals surface area contributed by atoms with Crippen LogP contribution in [0.1, 0.15) is 0 Å². The Morgan fingerprint density at radius 2 is 1.88 bits per heavy atom. The second-order valence-corrected chi connectivity index (χ2v) is 26.6. The van der Waals surface area contributed by atoms with Gasteiger partial charge in [-0.1, -0.05) is 0 Å². The van der Waals surface area contributed by atoms with Crippen LogP contribution >= 0.6 is 30.5 Å². The molecule has 0 aromatic carbocycles. The number of thioether (sulfide) groups is 1. The van der Waals surface area contributed by atoms with Crippen molar-refractivity contribution < 1.29 is 0 Å². The van der Waals surface area contributed by atoms with Crippen molar-refractivity contribution in [1.29, 1.82) is 0 Å². The van der Waals surface area contributed by atoms with Crippen LogP contribution in [0, 0.1) is 0 Å². The molecule has 0 radical (unpaired) electrons. The monoisotopic (exact) mass is 360 g/mol. The van der Waals surface area contributed by atoms with Crippen molar-refractivity contribution in [2.24, 2.45) is 0 Å². The first-order chi connectivity index (χ1) is 3.71. The van der Waals surface area contributed by atoms with Gasteiger partial charge in [-0.2, -0.15) is 0 Å². The molecular formula is C5H11ISTe. The quantitative estimate of drug-likeness (QED) is 0.474. The van der Waals surface area contributed by atoms with Crippen LogP contribution in [0.15, 0.2) is 0 Å². The molecule has 0 spiro atoms. The molecule has 0 bridgehead atoms. The average Bonchev–Trinajstić information content (AvgIpc) is 1.65. The maximum absolute atomic E-state index is 2.77. The standard InChI is InChI=1S/C5H11ISTe/c1-8(6)4-2-7-3-5-8/h2-5H2,1H3. The Labute approximate surface area is 69.2 Å². The molecule has 0 aromatic rings. The van der Waals surface area contributed by atoms with E-state index in [2.05, 4.69) is 35.4 Å². The first-order valence-electron chi connectivity index (χ1n) is 2.72. The zero-order chi connectivity index (χ0) is 6.04. The Morgan fingerprint density at radius 3 is 2.12 bits per heavy atom. The second kappa shape index (κ2) is 3.32. The minimum absolute atomic E-state index is 1.11. The third-order valence-electron chi connectivity index (χ3n) is 1.31. The van der Waals surface area contributed by atoms with Crippen LogP contribution in [0.5, 0.6) is 0 Å². The predicted octanol–water partition coefficient (Wildman–Crippen LogP) is 2.74. The summed E-state index contributed by atoms with van der Waals surface area (Å²) < 4.78 is 3.18. The third-order valence-corrected chi connectivity index (χ3v) is 15.8. The van der Waals surface area contributed by atoms with Crippen molar-refractivity contribution in [3.05, 3.63) is 0 Å². The Balaban J connectivity index is 2.33. The van der Waals surface area contributed by atoms with Gasteiger partial charge in [-0.25, -0.2) is 0 Å². The van der Waals surface area contributed by atoms with Crippen LogP contribution in [0.3, 0.4) is 0 Å².